The molecular weight excluding hydrogens is 1320 g/mol. The molecule has 96 heavy (non-hydrogen) atoms. The fourth-order valence-corrected chi connectivity index (χ4v) is 18.7. The molecule has 4 spiro atoms. The van der Waals surface area contributed by atoms with Crippen molar-refractivity contribution in [2.75, 3.05) is 63.9 Å². The van der Waals surface area contributed by atoms with Crippen molar-refractivity contribution < 1.29 is 47.8 Å². The number of benzene rings is 4. The van der Waals surface area contributed by atoms with Crippen LogP contribution in [-0.2, 0) is 35.9 Å². The summed E-state index contributed by atoms with van der Waals surface area (Å²) in [6.07, 6.45) is 11.7. The van der Waals surface area contributed by atoms with Crippen molar-refractivity contribution in [1.29, 1.82) is 0 Å². The first-order valence-corrected chi connectivity index (χ1v) is 37.3. The molecule has 14 rings (SSSR count). The van der Waals surface area contributed by atoms with Crippen molar-refractivity contribution in [2.24, 2.45) is 16.2 Å². The zero-order valence-corrected chi connectivity index (χ0v) is 61.4. The predicted molar refractivity (Wildman–Crippen MR) is 388 cm³/mol. The van der Waals surface area contributed by atoms with Crippen LogP contribution >= 0.6 is 22.6 Å². The highest BCUT2D eigenvalue weighted by Crippen LogP contribution is 2.60. The maximum atomic E-state index is 13.2. The minimum atomic E-state index is -0.485. The lowest BCUT2D eigenvalue weighted by Gasteiger charge is -2.50. The second-order valence-electron chi connectivity index (χ2n) is 32.0. The summed E-state index contributed by atoms with van der Waals surface area (Å²) in [5.41, 5.74) is 6.30. The van der Waals surface area contributed by atoms with Crippen LogP contribution in [0.4, 0.5) is 14.4 Å². The normalized spacial score (nSPS) is 24.4. The standard InChI is InChI=1S/C25H34N2O3.C20H27NO3.C18H23NO3.C15H19NO.CH3I.CH4/c1-4-30-23(29)27-17-9-10-18(27)16-19(15-17)26-13-11-25(12-14-26)21-8-6-5-7-20(21)22(28)24(25,2)3;1-18(2,3)24-17(23)21-12-10-20(11-13-21)15-9-7-6-8-14(15)16(22)19(20,4)5;1-17(2,3)22-16(21)19-10-8-18(9-11-19)12-15(20)13-6-4-5-7-14(13)18;1-14(2)13(17)11-5-3-4-6-12(11)15(14)7-9-16-10-8-15;1-2;/h5-8,17-19H,4,9-16H2,1-3H3;6-9H,10-13H2,1-5H3;4-7H,8-12H2,1-3H3;3-6,16H,7-10H2,1-2H3;1H3;1H4. The Morgan fingerprint density at radius 2 is 0.823 bits per heavy atom. The number of carbonyl (C=O) groups excluding carboxylic acids is 7. The van der Waals surface area contributed by atoms with Crippen molar-refractivity contribution in [1.82, 2.24) is 24.9 Å². The fraction of sp³-hybridized carbons (Fsp3) is 0.613. The number of carbonyl (C=O) groups is 7. The Kier molecular flexibility index (Phi) is 21.9. The Morgan fingerprint density at radius 1 is 0.479 bits per heavy atom. The number of nitrogens with zero attached hydrogens (tertiary/aromatic N) is 4. The molecule has 10 aliphatic rings. The number of hydrogen-bond donors (Lipinski definition) is 1. The second-order valence-corrected chi connectivity index (χ2v) is 32.0. The molecule has 2 atom stereocenters. The van der Waals surface area contributed by atoms with Gasteiger partial charge in [0.1, 0.15) is 11.2 Å². The Hall–Kier alpha value is -5.98. The number of ketones is 4. The van der Waals surface area contributed by atoms with E-state index < -0.39 is 16.6 Å². The van der Waals surface area contributed by atoms with Gasteiger partial charge in [-0.25, -0.2) is 14.4 Å². The van der Waals surface area contributed by atoms with Gasteiger partial charge in [-0.3, -0.25) is 19.2 Å². The minimum Gasteiger partial charge on any atom is -0.450 e. The van der Waals surface area contributed by atoms with E-state index in [0.717, 1.165) is 131 Å². The van der Waals surface area contributed by atoms with Gasteiger partial charge in [-0.2, -0.15) is 0 Å². The topological polar surface area (TPSA) is 172 Å². The van der Waals surface area contributed by atoms with Crippen LogP contribution in [0.15, 0.2) is 97.1 Å². The Balaban J connectivity index is 0.000000151. The van der Waals surface area contributed by atoms with Gasteiger partial charge in [-0.05, 0) is 179 Å². The fourth-order valence-electron chi connectivity index (χ4n) is 18.7. The van der Waals surface area contributed by atoms with Gasteiger partial charge in [0, 0.05) is 111 Å². The Labute approximate surface area is 586 Å². The van der Waals surface area contributed by atoms with Crippen LogP contribution in [0.25, 0.3) is 0 Å². The van der Waals surface area contributed by atoms with Crippen LogP contribution in [-0.4, -0.2) is 154 Å². The molecule has 6 saturated heterocycles. The van der Waals surface area contributed by atoms with Crippen molar-refractivity contribution >= 4 is 64.0 Å². The Bertz CT molecular complexity index is 3510. The number of nitrogens with one attached hydrogen (secondary N) is 1. The molecule has 16 heteroatoms. The second kappa shape index (κ2) is 28.3. The van der Waals surface area contributed by atoms with Gasteiger partial charge in [0.15, 0.2) is 23.1 Å². The third-order valence-corrected chi connectivity index (χ3v) is 24.1. The molecule has 522 valence electrons. The molecule has 3 amide bonds. The summed E-state index contributed by atoms with van der Waals surface area (Å²) in [4.78, 5) is 97.9. The average molecular weight is 1430 g/mol. The monoisotopic (exact) mass is 1430 g/mol. The summed E-state index contributed by atoms with van der Waals surface area (Å²) in [5, 5.41) is 3.41. The number of ether oxygens (including phenoxy) is 3. The average Bonchev–Trinajstić information content (AvgIpc) is 1.56. The van der Waals surface area contributed by atoms with Crippen molar-refractivity contribution in [2.45, 2.75) is 232 Å². The molecule has 0 aromatic heterocycles. The molecule has 2 unspecified atom stereocenters. The molecule has 2 bridgehead atoms. The van der Waals surface area contributed by atoms with Gasteiger partial charge in [0.2, 0.25) is 0 Å². The van der Waals surface area contributed by atoms with E-state index in [1.165, 1.54) is 16.7 Å². The first kappa shape index (κ1) is 74.2. The minimum absolute atomic E-state index is 0. The molecule has 4 aliphatic carbocycles. The van der Waals surface area contributed by atoms with E-state index in [9.17, 15) is 33.6 Å². The maximum absolute atomic E-state index is 13.2. The summed E-state index contributed by atoms with van der Waals surface area (Å²) in [5.74, 6) is 1.10. The van der Waals surface area contributed by atoms with Crippen LogP contribution in [0.2, 0.25) is 0 Å². The lowest BCUT2D eigenvalue weighted by atomic mass is 9.60. The summed E-state index contributed by atoms with van der Waals surface area (Å²) in [6, 6.07) is 33.6. The molecule has 0 radical (unpaired) electrons. The van der Waals surface area contributed by atoms with Gasteiger partial charge < -0.3 is 39.1 Å². The van der Waals surface area contributed by atoms with E-state index in [-0.39, 0.29) is 69.8 Å². The highest BCUT2D eigenvalue weighted by Gasteiger charge is 2.61. The third-order valence-electron chi connectivity index (χ3n) is 24.1. The SMILES string of the molecule is C.CC(C)(C)OC(=O)N1CCC2(CC1)CC(=O)c1ccccc12.CC(C)(C)OC(=O)N1CCC2(CC1)c1ccccc1C(=O)C2(C)C.CC1(C)C(=O)c2ccccc2C12CCNCC2.CCOC(=O)N1C2CCC1CC(N1CCC3(CC1)c1ccccc1C(=O)C3(C)C)C2.CI. The number of rotatable bonds is 2. The van der Waals surface area contributed by atoms with Crippen LogP contribution in [0.3, 0.4) is 0 Å². The summed E-state index contributed by atoms with van der Waals surface area (Å²) >= 11 is 2.15. The predicted octanol–water partition coefficient (Wildman–Crippen LogP) is 16.3. The highest BCUT2D eigenvalue weighted by molar-refractivity contribution is 14.1. The summed E-state index contributed by atoms with van der Waals surface area (Å²) in [7, 11) is 0. The number of piperidine rings is 5. The number of alkyl halides is 1. The first-order valence-electron chi connectivity index (χ1n) is 35.2. The van der Waals surface area contributed by atoms with E-state index >= 15 is 0 Å². The van der Waals surface area contributed by atoms with E-state index in [2.05, 4.69) is 111 Å². The zero-order valence-electron chi connectivity index (χ0n) is 59.3. The summed E-state index contributed by atoms with van der Waals surface area (Å²) in [6.45, 7) is 32.9. The summed E-state index contributed by atoms with van der Waals surface area (Å²) < 4.78 is 16.2. The third kappa shape index (κ3) is 13.3. The smallest absolute Gasteiger partial charge is 0.410 e. The van der Waals surface area contributed by atoms with Crippen LogP contribution in [0, 0.1) is 16.2 Å². The van der Waals surface area contributed by atoms with Gasteiger partial charge in [-0.15, -0.1) is 0 Å². The molecule has 0 saturated carbocycles. The number of amides is 3. The van der Waals surface area contributed by atoms with Gasteiger partial charge in [0.05, 0.1) is 6.61 Å². The molecule has 6 aliphatic heterocycles. The van der Waals surface area contributed by atoms with Crippen LogP contribution in [0.1, 0.15) is 245 Å². The number of fused-ring (bicyclic) bond motifs is 10. The van der Waals surface area contributed by atoms with E-state index in [4.69, 9.17) is 14.2 Å². The largest absolute Gasteiger partial charge is 0.450 e. The maximum Gasteiger partial charge on any atom is 0.410 e. The van der Waals surface area contributed by atoms with Gasteiger partial charge >= 0.3 is 18.3 Å². The van der Waals surface area contributed by atoms with Crippen LogP contribution in [0.5, 0.6) is 0 Å². The molecule has 4 aromatic rings. The highest BCUT2D eigenvalue weighted by atomic mass is 127. The molecule has 6 fully saturated rings. The van der Waals surface area contributed by atoms with Crippen molar-refractivity contribution in [3.63, 3.8) is 0 Å². The molecule has 6 heterocycles. The molecule has 1 N–H and O–H groups in total. The molecule has 15 nitrogen and oxygen atoms in total. The van der Waals surface area contributed by atoms with Crippen molar-refractivity contribution in [3.05, 3.63) is 142 Å². The van der Waals surface area contributed by atoms with Gasteiger partial charge in [-0.1, -0.05) is 169 Å². The van der Waals surface area contributed by atoms with E-state index in [0.29, 0.717) is 68.9 Å². The lowest BCUT2D eigenvalue weighted by molar-refractivity contribution is 0.00841. The van der Waals surface area contributed by atoms with Crippen LogP contribution < -0.4 is 5.32 Å². The number of hydrogen-bond acceptors (Lipinski definition) is 12. The molecule has 4 aromatic carbocycles. The number of Topliss-reactive ketones (excluding diaryl/α,β-unsaturated/α-hetero) is 4. The Morgan fingerprint density at radius 3 is 1.21 bits per heavy atom. The number of halogens is 1. The first-order chi connectivity index (χ1) is 44.9. The van der Waals surface area contributed by atoms with E-state index in [1.54, 1.807) is 9.80 Å². The quantitative estimate of drug-likeness (QED) is 0.115. The molecular formula is C80H110IN5O10. The zero-order chi connectivity index (χ0) is 68.9. The number of likely N-dealkylation sites (tertiary alicyclic amines) is 3. The van der Waals surface area contributed by atoms with Gasteiger partial charge in [0.25, 0.3) is 0 Å². The lowest BCUT2D eigenvalue weighted by Crippen LogP contribution is -2.56. The van der Waals surface area contributed by atoms with Crippen molar-refractivity contribution in [3.8, 4) is 0 Å². The van der Waals surface area contributed by atoms with E-state index in [1.807, 2.05) is 119 Å².